The molecule has 0 spiro atoms. The fourth-order valence-electron chi connectivity index (χ4n) is 2.56. The first-order valence-corrected chi connectivity index (χ1v) is 10.4. The molecule has 27 heavy (non-hydrogen) atoms. The molecule has 6 nitrogen and oxygen atoms in total. The van der Waals surface area contributed by atoms with Gasteiger partial charge in [-0.2, -0.15) is 0 Å². The lowest BCUT2D eigenvalue weighted by Gasteiger charge is -2.09. The zero-order chi connectivity index (χ0) is 19.1. The summed E-state index contributed by atoms with van der Waals surface area (Å²) in [5.41, 5.74) is 0.960. The van der Waals surface area contributed by atoms with E-state index >= 15 is 0 Å². The molecule has 1 aliphatic carbocycles. The number of hydrogen-bond donors (Lipinski definition) is 1. The molecule has 1 aromatic carbocycles. The highest BCUT2D eigenvalue weighted by molar-refractivity contribution is 7.99. The molecule has 0 saturated heterocycles. The third kappa shape index (κ3) is 5.60. The Balaban J connectivity index is 1.67. The van der Waals surface area contributed by atoms with Gasteiger partial charge in [0.2, 0.25) is 5.91 Å². The van der Waals surface area contributed by atoms with Crippen molar-refractivity contribution < 1.29 is 9.53 Å². The van der Waals surface area contributed by atoms with Gasteiger partial charge in [-0.15, -0.1) is 16.8 Å². The molecule has 1 amide bonds. The predicted octanol–water partition coefficient (Wildman–Crippen LogP) is 3.68. The lowest BCUT2D eigenvalue weighted by molar-refractivity contribution is -0.118. The Kier molecular flexibility index (Phi) is 6.92. The van der Waals surface area contributed by atoms with Crippen LogP contribution in [0, 0.1) is 0 Å². The average Bonchev–Trinajstić information content (AvgIpc) is 3.40. The van der Waals surface area contributed by atoms with E-state index in [0.29, 0.717) is 18.3 Å². The maximum absolute atomic E-state index is 11.9. The van der Waals surface area contributed by atoms with E-state index in [2.05, 4.69) is 29.0 Å². The smallest absolute Gasteiger partial charge is 0.230 e. The van der Waals surface area contributed by atoms with Crippen LogP contribution in [0.5, 0.6) is 5.75 Å². The maximum Gasteiger partial charge on any atom is 0.230 e. The van der Waals surface area contributed by atoms with E-state index in [1.807, 2.05) is 34.9 Å². The Morgan fingerprint density at radius 3 is 2.81 bits per heavy atom. The number of nitrogens with one attached hydrogen (secondary N) is 1. The van der Waals surface area contributed by atoms with Crippen LogP contribution in [0.3, 0.4) is 0 Å². The molecule has 3 rings (SSSR count). The Morgan fingerprint density at radius 1 is 1.37 bits per heavy atom. The van der Waals surface area contributed by atoms with Gasteiger partial charge < -0.3 is 10.1 Å². The Hall–Kier alpha value is -2.28. The number of allylic oxidation sites excluding steroid dienone is 1. The van der Waals surface area contributed by atoms with Gasteiger partial charge in [0.15, 0.2) is 11.0 Å². The molecule has 7 heteroatoms. The first-order valence-electron chi connectivity index (χ1n) is 9.40. The van der Waals surface area contributed by atoms with E-state index in [9.17, 15) is 4.79 Å². The van der Waals surface area contributed by atoms with Gasteiger partial charge in [-0.05, 0) is 43.5 Å². The molecule has 0 bridgehead atoms. The number of carbonyl (C=O) groups excluding carboxylic acids is 1. The van der Waals surface area contributed by atoms with Crippen molar-refractivity contribution in [3.05, 3.63) is 36.9 Å². The zero-order valence-electron chi connectivity index (χ0n) is 15.7. The molecule has 144 valence electrons. The fourth-order valence-corrected chi connectivity index (χ4v) is 3.32. The number of carbonyl (C=O) groups is 1. The summed E-state index contributed by atoms with van der Waals surface area (Å²) in [6.07, 6.45) is 6.15. The molecule has 2 aromatic rings. The largest absolute Gasteiger partial charge is 0.494 e. The van der Waals surface area contributed by atoms with Gasteiger partial charge in [-0.25, -0.2) is 0 Å². The molecular formula is C20H26N4O2S. The number of amides is 1. The number of hydrogen-bond acceptors (Lipinski definition) is 5. The van der Waals surface area contributed by atoms with Crippen molar-refractivity contribution in [1.82, 2.24) is 20.1 Å². The van der Waals surface area contributed by atoms with Gasteiger partial charge in [0, 0.05) is 18.2 Å². The molecule has 1 aromatic heterocycles. The molecular weight excluding hydrogens is 360 g/mol. The molecule has 0 atom stereocenters. The lowest BCUT2D eigenvalue weighted by Crippen LogP contribution is -2.27. The third-order valence-electron chi connectivity index (χ3n) is 4.18. The number of ether oxygens (including phenoxy) is 1. The molecule has 0 unspecified atom stereocenters. The van der Waals surface area contributed by atoms with Crippen LogP contribution in [0.2, 0.25) is 0 Å². The number of nitrogens with zero attached hydrogens (tertiary/aromatic N) is 3. The van der Waals surface area contributed by atoms with Crippen LogP contribution in [0.25, 0.3) is 11.4 Å². The van der Waals surface area contributed by atoms with Crippen LogP contribution >= 0.6 is 11.8 Å². The molecule has 0 aliphatic heterocycles. The number of benzene rings is 1. The molecule has 1 fully saturated rings. The Bertz CT molecular complexity index is 769. The average molecular weight is 387 g/mol. The van der Waals surface area contributed by atoms with Gasteiger partial charge in [-0.1, -0.05) is 31.2 Å². The standard InChI is InChI=1S/C20H26N4O2S/c1-3-5-13-26-17-10-6-15(7-11-17)19-22-23-20(24(19)12-4-2)27-14-18(25)21-16-8-9-16/h4,6-7,10-11,16H,2-3,5,8-9,12-14H2,1H3,(H,21,25). The topological polar surface area (TPSA) is 69.0 Å². The van der Waals surface area contributed by atoms with Crippen LogP contribution in [0.15, 0.2) is 42.1 Å². The van der Waals surface area contributed by atoms with Gasteiger partial charge in [-0.3, -0.25) is 9.36 Å². The zero-order valence-corrected chi connectivity index (χ0v) is 16.5. The van der Waals surface area contributed by atoms with Crippen molar-refractivity contribution in [3.8, 4) is 17.1 Å². The quantitative estimate of drug-likeness (QED) is 0.362. The van der Waals surface area contributed by atoms with Gasteiger partial charge in [0.25, 0.3) is 0 Å². The van der Waals surface area contributed by atoms with Crippen molar-refractivity contribution >= 4 is 17.7 Å². The minimum atomic E-state index is 0.0470. The summed E-state index contributed by atoms with van der Waals surface area (Å²) in [7, 11) is 0. The van der Waals surface area contributed by atoms with Crippen molar-refractivity contribution in [2.75, 3.05) is 12.4 Å². The first kappa shape index (κ1) is 19.5. The number of thioether (sulfide) groups is 1. The second kappa shape index (κ2) is 9.60. The molecule has 1 saturated carbocycles. The Labute approximate surface area is 164 Å². The van der Waals surface area contributed by atoms with Gasteiger partial charge >= 0.3 is 0 Å². The predicted molar refractivity (Wildman–Crippen MR) is 108 cm³/mol. The van der Waals surface area contributed by atoms with Crippen LogP contribution in [-0.4, -0.2) is 39.1 Å². The molecule has 1 aliphatic rings. The molecule has 0 radical (unpaired) electrons. The van der Waals surface area contributed by atoms with Gasteiger partial charge in [0.1, 0.15) is 5.75 Å². The van der Waals surface area contributed by atoms with E-state index in [-0.39, 0.29) is 5.91 Å². The van der Waals surface area contributed by atoms with Crippen molar-refractivity contribution in [1.29, 1.82) is 0 Å². The summed E-state index contributed by atoms with van der Waals surface area (Å²) < 4.78 is 7.70. The number of rotatable bonds is 11. The summed E-state index contributed by atoms with van der Waals surface area (Å²) in [6, 6.07) is 8.25. The van der Waals surface area contributed by atoms with Crippen molar-refractivity contribution in [3.63, 3.8) is 0 Å². The normalized spacial score (nSPS) is 13.4. The minimum absolute atomic E-state index is 0.0470. The highest BCUT2D eigenvalue weighted by Crippen LogP contribution is 2.26. The van der Waals surface area contributed by atoms with Crippen molar-refractivity contribution in [2.45, 2.75) is 50.4 Å². The minimum Gasteiger partial charge on any atom is -0.494 e. The summed E-state index contributed by atoms with van der Waals surface area (Å²) in [5, 5.41) is 12.3. The van der Waals surface area contributed by atoms with Crippen LogP contribution in [0.1, 0.15) is 32.6 Å². The van der Waals surface area contributed by atoms with Crippen LogP contribution < -0.4 is 10.1 Å². The van der Waals surface area contributed by atoms with E-state index < -0.39 is 0 Å². The summed E-state index contributed by atoms with van der Waals surface area (Å²) in [6.45, 7) is 7.28. The van der Waals surface area contributed by atoms with E-state index in [0.717, 1.165) is 54.6 Å². The van der Waals surface area contributed by atoms with Gasteiger partial charge in [0.05, 0.1) is 12.4 Å². The van der Waals surface area contributed by atoms with E-state index in [1.165, 1.54) is 11.8 Å². The monoisotopic (exact) mass is 386 g/mol. The van der Waals surface area contributed by atoms with E-state index in [1.54, 1.807) is 0 Å². The lowest BCUT2D eigenvalue weighted by atomic mass is 10.2. The highest BCUT2D eigenvalue weighted by Gasteiger charge is 2.23. The molecule has 1 heterocycles. The van der Waals surface area contributed by atoms with Crippen LogP contribution in [0.4, 0.5) is 0 Å². The summed E-state index contributed by atoms with van der Waals surface area (Å²) >= 11 is 1.40. The second-order valence-electron chi connectivity index (χ2n) is 6.56. The fraction of sp³-hybridized carbons (Fsp3) is 0.450. The first-order chi connectivity index (χ1) is 13.2. The maximum atomic E-state index is 11.9. The van der Waals surface area contributed by atoms with Crippen molar-refractivity contribution in [2.24, 2.45) is 0 Å². The van der Waals surface area contributed by atoms with Crippen LogP contribution in [-0.2, 0) is 11.3 Å². The van der Waals surface area contributed by atoms with E-state index in [4.69, 9.17) is 4.74 Å². The Morgan fingerprint density at radius 2 is 2.15 bits per heavy atom. The second-order valence-corrected chi connectivity index (χ2v) is 7.50. The third-order valence-corrected chi connectivity index (χ3v) is 5.15. The highest BCUT2D eigenvalue weighted by atomic mass is 32.2. The molecule has 1 N–H and O–H groups in total. The summed E-state index contributed by atoms with van der Waals surface area (Å²) in [5.74, 6) is 2.01. The SMILES string of the molecule is C=CCn1c(SCC(=O)NC2CC2)nnc1-c1ccc(OCCCC)cc1. The number of unbranched alkanes of at least 4 members (excludes halogenated alkanes) is 1. The number of aromatic nitrogens is 3. The summed E-state index contributed by atoms with van der Waals surface area (Å²) in [4.78, 5) is 11.9.